The molecule has 0 aliphatic rings. The van der Waals surface area contributed by atoms with Gasteiger partial charge in [0, 0.05) is 6.07 Å². The lowest BCUT2D eigenvalue weighted by Gasteiger charge is -2.07. The van der Waals surface area contributed by atoms with E-state index >= 15 is 0 Å². The Morgan fingerprint density at radius 1 is 1.12 bits per heavy atom. The predicted molar refractivity (Wildman–Crippen MR) is 108 cm³/mol. The highest BCUT2D eigenvalue weighted by atomic mass is 16.5. The Hall–Kier alpha value is -2.55. The molecule has 3 nitrogen and oxygen atoms in total. The summed E-state index contributed by atoms with van der Waals surface area (Å²) < 4.78 is 10.7. The second-order valence-electron chi connectivity index (χ2n) is 4.04. The topological polar surface area (TPSA) is 35.5 Å². The van der Waals surface area contributed by atoms with E-state index < -0.39 is 5.97 Å². The van der Waals surface area contributed by atoms with Crippen molar-refractivity contribution in [3.8, 4) is 11.5 Å². The Morgan fingerprint density at radius 3 is 2.32 bits per heavy atom. The van der Waals surface area contributed by atoms with Gasteiger partial charge in [-0.05, 0) is 38.1 Å². The second-order valence-corrected chi connectivity index (χ2v) is 4.04. The number of hydrogen-bond acceptors (Lipinski definition) is 3. The standard InChI is InChI=1S/C18H20O3.2C2H6/c1-4-7-8-11-15(10-5-2)18(19)21-17-13-9-12-16(14-17)20-6-3;2*1-2/h4-5,7-14H,2,6H2,1,3H3;2*1-2H3/b7-4-,11-8-,15-10+;;. The van der Waals surface area contributed by atoms with Gasteiger partial charge in [-0.2, -0.15) is 0 Å². The van der Waals surface area contributed by atoms with Crippen molar-refractivity contribution in [2.45, 2.75) is 41.5 Å². The van der Waals surface area contributed by atoms with Crippen LogP contribution in [0.1, 0.15) is 41.5 Å². The molecule has 0 saturated heterocycles. The molecule has 1 aromatic carbocycles. The number of carbonyl (C=O) groups excluding carboxylic acids is 1. The van der Waals surface area contributed by atoms with Gasteiger partial charge in [0.15, 0.2) is 0 Å². The predicted octanol–water partition coefficient (Wildman–Crippen LogP) is 6.29. The molecule has 0 aromatic heterocycles. The molecule has 0 heterocycles. The molecule has 0 saturated carbocycles. The zero-order valence-corrected chi connectivity index (χ0v) is 16.4. The molecule has 0 amide bonds. The quantitative estimate of drug-likeness (QED) is 0.252. The molecule has 0 unspecified atom stereocenters. The van der Waals surface area contributed by atoms with Gasteiger partial charge in [0.05, 0.1) is 12.2 Å². The highest BCUT2D eigenvalue weighted by Crippen LogP contribution is 2.20. The number of ether oxygens (including phenoxy) is 2. The van der Waals surface area contributed by atoms with Gasteiger partial charge in [0.1, 0.15) is 11.5 Å². The van der Waals surface area contributed by atoms with Gasteiger partial charge in [0.25, 0.3) is 0 Å². The largest absolute Gasteiger partial charge is 0.494 e. The van der Waals surface area contributed by atoms with Crippen LogP contribution in [0.2, 0.25) is 0 Å². The Bertz CT molecular complexity index is 566. The van der Waals surface area contributed by atoms with E-state index in [4.69, 9.17) is 9.47 Å². The van der Waals surface area contributed by atoms with Crippen LogP contribution < -0.4 is 9.47 Å². The molecule has 0 fully saturated rings. The summed E-state index contributed by atoms with van der Waals surface area (Å²) in [5.41, 5.74) is 0.421. The summed E-state index contributed by atoms with van der Waals surface area (Å²) in [5.74, 6) is 0.672. The van der Waals surface area contributed by atoms with Gasteiger partial charge in [-0.3, -0.25) is 0 Å². The molecule has 0 N–H and O–H groups in total. The maximum Gasteiger partial charge on any atom is 0.343 e. The number of carbonyl (C=O) groups is 1. The first-order chi connectivity index (χ1) is 12.2. The van der Waals surface area contributed by atoms with Crippen LogP contribution in [0, 0.1) is 0 Å². The van der Waals surface area contributed by atoms with E-state index in [1.54, 1.807) is 42.5 Å². The minimum absolute atomic E-state index is 0.421. The Labute approximate surface area is 153 Å². The van der Waals surface area contributed by atoms with Crippen LogP contribution in [0.4, 0.5) is 0 Å². The molecule has 0 atom stereocenters. The molecule has 0 aliphatic carbocycles. The maximum absolute atomic E-state index is 12.1. The fourth-order valence-electron chi connectivity index (χ4n) is 1.55. The third kappa shape index (κ3) is 11.6. The summed E-state index contributed by atoms with van der Waals surface area (Å²) in [5, 5.41) is 0. The maximum atomic E-state index is 12.1. The van der Waals surface area contributed by atoms with E-state index in [1.807, 2.05) is 59.8 Å². The zero-order chi connectivity index (χ0) is 19.5. The number of allylic oxidation sites excluding steroid dienone is 5. The smallest absolute Gasteiger partial charge is 0.343 e. The van der Waals surface area contributed by atoms with Gasteiger partial charge in [-0.1, -0.05) is 64.6 Å². The molecule has 0 radical (unpaired) electrons. The normalized spacial score (nSPS) is 10.4. The van der Waals surface area contributed by atoms with E-state index in [-0.39, 0.29) is 0 Å². The SMILES string of the molecule is C=C\C=C(/C=C\C=C/C)C(=O)Oc1cccc(OCC)c1.CC.CC. The minimum atomic E-state index is -0.440. The highest BCUT2D eigenvalue weighted by molar-refractivity contribution is 5.93. The van der Waals surface area contributed by atoms with Crippen molar-refractivity contribution in [2.75, 3.05) is 6.61 Å². The average Bonchev–Trinajstić information content (AvgIpc) is 2.65. The molecule has 0 bridgehead atoms. The summed E-state index contributed by atoms with van der Waals surface area (Å²) in [6.45, 7) is 16.0. The zero-order valence-electron chi connectivity index (χ0n) is 16.4. The van der Waals surface area contributed by atoms with Crippen LogP contribution in [0.15, 0.2) is 72.9 Å². The Morgan fingerprint density at radius 2 is 1.76 bits per heavy atom. The van der Waals surface area contributed by atoms with Gasteiger partial charge in [0.2, 0.25) is 0 Å². The molecule has 138 valence electrons. The Kier molecular flexibility index (Phi) is 17.6. The third-order valence-electron chi connectivity index (χ3n) is 2.44. The van der Waals surface area contributed by atoms with E-state index in [0.29, 0.717) is 23.7 Å². The van der Waals surface area contributed by atoms with Gasteiger partial charge in [-0.25, -0.2) is 4.79 Å². The molecule has 1 aromatic rings. The van der Waals surface area contributed by atoms with Crippen LogP contribution in [0.5, 0.6) is 11.5 Å². The molecule has 0 spiro atoms. The van der Waals surface area contributed by atoms with Crippen LogP contribution in [0.25, 0.3) is 0 Å². The second kappa shape index (κ2) is 17.8. The van der Waals surface area contributed by atoms with Crippen LogP contribution in [-0.2, 0) is 4.79 Å². The molecule has 1 rings (SSSR count). The molecular weight excluding hydrogens is 312 g/mol. The van der Waals surface area contributed by atoms with Crippen molar-refractivity contribution >= 4 is 5.97 Å². The third-order valence-corrected chi connectivity index (χ3v) is 2.44. The average molecular weight is 344 g/mol. The van der Waals surface area contributed by atoms with E-state index in [2.05, 4.69) is 6.58 Å². The number of hydrogen-bond donors (Lipinski definition) is 0. The molecule has 3 heteroatoms. The first-order valence-electron chi connectivity index (χ1n) is 8.78. The van der Waals surface area contributed by atoms with E-state index in [1.165, 1.54) is 0 Å². The van der Waals surface area contributed by atoms with Crippen molar-refractivity contribution in [3.63, 3.8) is 0 Å². The minimum Gasteiger partial charge on any atom is -0.494 e. The lowest BCUT2D eigenvalue weighted by molar-refractivity contribution is -0.129. The van der Waals surface area contributed by atoms with Crippen molar-refractivity contribution in [1.82, 2.24) is 0 Å². The first kappa shape index (κ1) is 24.7. The van der Waals surface area contributed by atoms with Crippen LogP contribution in [0.3, 0.4) is 0 Å². The van der Waals surface area contributed by atoms with E-state index in [9.17, 15) is 4.79 Å². The van der Waals surface area contributed by atoms with Gasteiger partial charge >= 0.3 is 5.97 Å². The lowest BCUT2D eigenvalue weighted by Crippen LogP contribution is -2.10. The summed E-state index contributed by atoms with van der Waals surface area (Å²) in [4.78, 5) is 12.1. The molecule has 0 aliphatic heterocycles. The van der Waals surface area contributed by atoms with Crippen molar-refractivity contribution in [1.29, 1.82) is 0 Å². The number of rotatable bonds is 7. The van der Waals surface area contributed by atoms with Gasteiger partial charge < -0.3 is 9.47 Å². The summed E-state index contributed by atoms with van der Waals surface area (Å²) >= 11 is 0. The summed E-state index contributed by atoms with van der Waals surface area (Å²) in [6, 6.07) is 6.98. The first-order valence-corrected chi connectivity index (χ1v) is 8.78. The molecular formula is C22H32O3. The van der Waals surface area contributed by atoms with Crippen LogP contribution >= 0.6 is 0 Å². The van der Waals surface area contributed by atoms with Crippen molar-refractivity contribution in [2.24, 2.45) is 0 Å². The van der Waals surface area contributed by atoms with Gasteiger partial charge in [-0.15, -0.1) is 0 Å². The van der Waals surface area contributed by atoms with Crippen LogP contribution in [-0.4, -0.2) is 12.6 Å². The molecule has 25 heavy (non-hydrogen) atoms. The Balaban J connectivity index is 0. The summed E-state index contributed by atoms with van der Waals surface area (Å²) in [6.07, 6.45) is 10.3. The highest BCUT2D eigenvalue weighted by Gasteiger charge is 2.09. The van der Waals surface area contributed by atoms with Crippen molar-refractivity contribution < 1.29 is 14.3 Å². The number of benzene rings is 1. The number of esters is 1. The monoisotopic (exact) mass is 344 g/mol. The summed E-state index contributed by atoms with van der Waals surface area (Å²) in [7, 11) is 0. The fourth-order valence-corrected chi connectivity index (χ4v) is 1.55. The fraction of sp³-hybridized carbons (Fsp3) is 0.318. The van der Waals surface area contributed by atoms with Crippen molar-refractivity contribution in [3.05, 3.63) is 72.9 Å². The lowest BCUT2D eigenvalue weighted by atomic mass is 10.2. The van der Waals surface area contributed by atoms with E-state index in [0.717, 1.165) is 0 Å².